The fraction of sp³-hybridized carbons (Fsp3) is 0.300. The molecule has 0 saturated carbocycles. The van der Waals surface area contributed by atoms with Crippen molar-refractivity contribution in [3.8, 4) is 23.0 Å². The highest BCUT2D eigenvalue weighted by Crippen LogP contribution is 2.31. The van der Waals surface area contributed by atoms with Crippen molar-refractivity contribution in [2.24, 2.45) is 0 Å². The molecule has 0 fully saturated rings. The molecule has 3 heterocycles. The summed E-state index contributed by atoms with van der Waals surface area (Å²) in [5.41, 5.74) is 1.69. The van der Waals surface area contributed by atoms with Crippen LogP contribution in [0.25, 0.3) is 11.5 Å². The molecule has 0 bridgehead atoms. The molecule has 8 heteroatoms. The molecule has 0 radical (unpaired) electrons. The highest BCUT2D eigenvalue weighted by atomic mass is 32.2. The number of carbonyl (C=O) groups excluding carboxylic acids is 1. The molecule has 0 spiro atoms. The number of Topliss-reactive ketones (excluding diaryl/α,β-unsaturated/α-hetero) is 1. The highest BCUT2D eigenvalue weighted by molar-refractivity contribution is 7.99. The largest absolute Gasteiger partial charge is 0.486 e. The molecule has 28 heavy (non-hydrogen) atoms. The van der Waals surface area contributed by atoms with E-state index in [-0.39, 0.29) is 5.78 Å². The molecule has 0 N–H and O–H groups in total. The van der Waals surface area contributed by atoms with Crippen LogP contribution < -0.4 is 9.47 Å². The van der Waals surface area contributed by atoms with Gasteiger partial charge < -0.3 is 14.0 Å². The summed E-state index contributed by atoms with van der Waals surface area (Å²) >= 11 is 1.40. The van der Waals surface area contributed by atoms with Gasteiger partial charge in [-0.25, -0.2) is 0 Å². The Bertz CT molecular complexity index is 975. The van der Waals surface area contributed by atoms with Gasteiger partial charge in [-0.15, -0.1) is 10.2 Å². The summed E-state index contributed by atoms with van der Waals surface area (Å²) in [4.78, 5) is 16.8. The first-order valence-electron chi connectivity index (χ1n) is 9.12. The lowest BCUT2D eigenvalue weighted by Crippen LogP contribution is -2.15. The Morgan fingerprint density at radius 3 is 2.79 bits per heavy atom. The number of thioether (sulfide) groups is 1. The summed E-state index contributed by atoms with van der Waals surface area (Å²) in [6, 6.07) is 11.3. The van der Waals surface area contributed by atoms with Crippen LogP contribution in [0.5, 0.6) is 11.5 Å². The summed E-state index contributed by atoms with van der Waals surface area (Å²) in [5, 5.41) is 9.22. The van der Waals surface area contributed by atoms with Crippen LogP contribution in [0, 0.1) is 0 Å². The van der Waals surface area contributed by atoms with Crippen molar-refractivity contribution in [1.82, 2.24) is 19.7 Å². The summed E-state index contributed by atoms with van der Waals surface area (Å²) < 4.78 is 13.1. The molecular formula is C20H20N4O3S. The predicted octanol–water partition coefficient (Wildman–Crippen LogP) is 3.04. The van der Waals surface area contributed by atoms with Gasteiger partial charge in [0.05, 0.1) is 5.75 Å². The number of pyridine rings is 1. The normalized spacial score (nSPS) is 12.8. The average Bonchev–Trinajstić information content (AvgIpc) is 3.16. The zero-order valence-electron chi connectivity index (χ0n) is 15.5. The maximum atomic E-state index is 12.5. The van der Waals surface area contributed by atoms with Crippen molar-refractivity contribution >= 4 is 17.5 Å². The van der Waals surface area contributed by atoms with Gasteiger partial charge in [-0.3, -0.25) is 9.78 Å². The molecule has 1 aliphatic rings. The number of fused-ring (bicyclic) bond motifs is 1. The third-order valence-electron chi connectivity index (χ3n) is 4.30. The summed E-state index contributed by atoms with van der Waals surface area (Å²) in [5.74, 6) is 2.59. The molecule has 1 aromatic carbocycles. The molecule has 3 aromatic rings. The van der Waals surface area contributed by atoms with Gasteiger partial charge >= 0.3 is 0 Å². The van der Waals surface area contributed by atoms with E-state index in [1.807, 2.05) is 47.9 Å². The fourth-order valence-corrected chi connectivity index (χ4v) is 3.85. The van der Waals surface area contributed by atoms with Crippen molar-refractivity contribution < 1.29 is 14.3 Å². The average molecular weight is 396 g/mol. The predicted molar refractivity (Wildman–Crippen MR) is 106 cm³/mol. The molecule has 4 rings (SSSR count). The maximum absolute atomic E-state index is 12.5. The monoisotopic (exact) mass is 396 g/mol. The number of hydrogen-bond donors (Lipinski definition) is 0. The van der Waals surface area contributed by atoms with Crippen LogP contribution >= 0.6 is 11.8 Å². The Morgan fingerprint density at radius 1 is 1.14 bits per heavy atom. The van der Waals surface area contributed by atoms with E-state index in [4.69, 9.17) is 9.47 Å². The molecular weight excluding hydrogens is 376 g/mol. The Labute approximate surface area is 167 Å². The zero-order chi connectivity index (χ0) is 19.3. The maximum Gasteiger partial charge on any atom is 0.191 e. The fourth-order valence-electron chi connectivity index (χ4n) is 2.99. The van der Waals surface area contributed by atoms with Gasteiger partial charge in [-0.1, -0.05) is 23.9 Å². The van der Waals surface area contributed by atoms with E-state index >= 15 is 0 Å². The van der Waals surface area contributed by atoms with Crippen LogP contribution in [0.3, 0.4) is 0 Å². The Hall–Kier alpha value is -2.87. The van der Waals surface area contributed by atoms with E-state index in [0.29, 0.717) is 43.5 Å². The van der Waals surface area contributed by atoms with E-state index in [1.165, 1.54) is 11.8 Å². The summed E-state index contributed by atoms with van der Waals surface area (Å²) in [6.07, 6.45) is 2.07. The van der Waals surface area contributed by atoms with Gasteiger partial charge in [0.15, 0.2) is 22.5 Å². The van der Waals surface area contributed by atoms with E-state index in [1.54, 1.807) is 6.20 Å². The first kappa shape index (κ1) is 18.5. The number of hydrogen-bond acceptors (Lipinski definition) is 7. The zero-order valence-corrected chi connectivity index (χ0v) is 16.3. The second kappa shape index (κ2) is 8.43. The van der Waals surface area contributed by atoms with Gasteiger partial charge in [0, 0.05) is 19.2 Å². The number of ether oxygens (including phenoxy) is 2. The van der Waals surface area contributed by atoms with Crippen LogP contribution in [0.2, 0.25) is 0 Å². The van der Waals surface area contributed by atoms with Crippen molar-refractivity contribution in [3.05, 3.63) is 48.2 Å². The SMILES string of the molecule is CCn1c(SCC(=O)Cc2ccc3c(c2)OCCO3)nnc1-c1ccccn1. The van der Waals surface area contributed by atoms with Crippen LogP contribution in [0.15, 0.2) is 47.8 Å². The number of benzene rings is 1. The number of rotatable bonds is 7. The van der Waals surface area contributed by atoms with E-state index < -0.39 is 0 Å². The molecule has 0 atom stereocenters. The van der Waals surface area contributed by atoms with E-state index in [2.05, 4.69) is 15.2 Å². The minimum atomic E-state index is 0.117. The van der Waals surface area contributed by atoms with Gasteiger partial charge in [-0.2, -0.15) is 0 Å². The lowest BCUT2D eigenvalue weighted by atomic mass is 10.1. The third kappa shape index (κ3) is 4.01. The second-order valence-electron chi connectivity index (χ2n) is 6.25. The molecule has 0 amide bonds. The van der Waals surface area contributed by atoms with E-state index in [9.17, 15) is 4.79 Å². The highest BCUT2D eigenvalue weighted by Gasteiger charge is 2.16. The lowest BCUT2D eigenvalue weighted by Gasteiger charge is -2.18. The first-order chi connectivity index (χ1) is 13.7. The van der Waals surface area contributed by atoms with E-state index in [0.717, 1.165) is 22.2 Å². The van der Waals surface area contributed by atoms with Crippen LogP contribution in [0.1, 0.15) is 12.5 Å². The molecule has 0 aliphatic carbocycles. The number of carbonyl (C=O) groups is 1. The molecule has 1 aliphatic heterocycles. The Balaban J connectivity index is 1.41. The number of aromatic nitrogens is 4. The minimum absolute atomic E-state index is 0.117. The minimum Gasteiger partial charge on any atom is -0.486 e. The van der Waals surface area contributed by atoms with Crippen LogP contribution in [-0.2, 0) is 17.8 Å². The van der Waals surface area contributed by atoms with Crippen molar-refractivity contribution in [3.63, 3.8) is 0 Å². The third-order valence-corrected chi connectivity index (χ3v) is 5.32. The smallest absolute Gasteiger partial charge is 0.191 e. The summed E-state index contributed by atoms with van der Waals surface area (Å²) in [6.45, 7) is 3.82. The molecule has 0 saturated heterocycles. The van der Waals surface area contributed by atoms with Gasteiger partial charge in [0.1, 0.15) is 24.7 Å². The van der Waals surface area contributed by atoms with Gasteiger partial charge in [0.2, 0.25) is 0 Å². The molecule has 7 nitrogen and oxygen atoms in total. The lowest BCUT2D eigenvalue weighted by molar-refractivity contribution is -0.116. The Morgan fingerprint density at radius 2 is 2.00 bits per heavy atom. The molecule has 2 aromatic heterocycles. The summed E-state index contributed by atoms with van der Waals surface area (Å²) in [7, 11) is 0. The van der Waals surface area contributed by atoms with Gasteiger partial charge in [-0.05, 0) is 36.8 Å². The van der Waals surface area contributed by atoms with Crippen molar-refractivity contribution in [1.29, 1.82) is 0 Å². The van der Waals surface area contributed by atoms with Crippen molar-refractivity contribution in [2.75, 3.05) is 19.0 Å². The quantitative estimate of drug-likeness (QED) is 0.568. The standard InChI is InChI=1S/C20H20N4O3S/c1-2-24-19(16-5-3-4-8-21-16)22-23-20(24)28-13-15(25)11-14-6-7-17-18(12-14)27-10-9-26-17/h3-8,12H,2,9-11,13H2,1H3. The van der Waals surface area contributed by atoms with Crippen molar-refractivity contribution in [2.45, 2.75) is 25.0 Å². The topological polar surface area (TPSA) is 79.1 Å². The molecule has 0 unspecified atom stereocenters. The van der Waals surface area contributed by atoms with Crippen LogP contribution in [0.4, 0.5) is 0 Å². The first-order valence-corrected chi connectivity index (χ1v) is 10.1. The number of nitrogens with zero attached hydrogens (tertiary/aromatic N) is 4. The number of ketones is 1. The van der Waals surface area contributed by atoms with Gasteiger partial charge in [0.25, 0.3) is 0 Å². The second-order valence-corrected chi connectivity index (χ2v) is 7.19. The molecule has 144 valence electrons. The Kier molecular flexibility index (Phi) is 5.57. The van der Waals surface area contributed by atoms with Crippen LogP contribution in [-0.4, -0.2) is 44.5 Å².